The lowest BCUT2D eigenvalue weighted by Crippen LogP contribution is -2.33. The summed E-state index contributed by atoms with van der Waals surface area (Å²) in [4.78, 5) is 16.1. The molecule has 10 nitrogen and oxygen atoms in total. The molecule has 10 heteroatoms. The second-order valence-electron chi connectivity index (χ2n) is 9.15. The Morgan fingerprint density at radius 3 is 2.45 bits per heavy atom. The van der Waals surface area contributed by atoms with E-state index in [0.717, 1.165) is 36.2 Å². The average molecular weight is 517 g/mol. The van der Waals surface area contributed by atoms with E-state index in [1.165, 1.54) is 18.9 Å². The zero-order valence-electron chi connectivity index (χ0n) is 21.9. The van der Waals surface area contributed by atoms with Crippen LogP contribution in [0.25, 0.3) is 22.2 Å². The monoisotopic (exact) mass is 516 g/mol. The molecule has 198 valence electrons. The first-order valence-corrected chi connectivity index (χ1v) is 12.7. The van der Waals surface area contributed by atoms with Crippen molar-refractivity contribution in [1.82, 2.24) is 15.4 Å². The van der Waals surface area contributed by atoms with E-state index in [0.29, 0.717) is 28.5 Å². The molecule has 4 aromatic rings. The van der Waals surface area contributed by atoms with Crippen molar-refractivity contribution in [2.45, 2.75) is 40.0 Å². The Labute approximate surface area is 221 Å². The predicted molar refractivity (Wildman–Crippen MR) is 148 cm³/mol. The van der Waals surface area contributed by atoms with Gasteiger partial charge in [0, 0.05) is 24.4 Å². The number of nitro benzene ring substituents is 1. The van der Waals surface area contributed by atoms with Crippen LogP contribution >= 0.6 is 0 Å². The quantitative estimate of drug-likeness (QED) is 0.0847. The molecule has 4 rings (SSSR count). The molecule has 0 aliphatic carbocycles. The number of non-ortho nitro benzene ring substituents is 1. The molecule has 1 heterocycles. The number of nitrogens with one attached hydrogen (secondary N) is 2. The first-order valence-electron chi connectivity index (χ1n) is 12.7. The van der Waals surface area contributed by atoms with E-state index >= 15 is 0 Å². The van der Waals surface area contributed by atoms with Crippen LogP contribution < -0.4 is 20.2 Å². The van der Waals surface area contributed by atoms with Crippen LogP contribution in [0.2, 0.25) is 0 Å². The normalized spacial score (nSPS) is 11.0. The highest BCUT2D eigenvalue weighted by molar-refractivity contribution is 5.89. The summed E-state index contributed by atoms with van der Waals surface area (Å²) in [6.07, 6.45) is 3.58. The molecule has 0 fully saturated rings. The van der Waals surface area contributed by atoms with Gasteiger partial charge in [-0.3, -0.25) is 10.1 Å². The summed E-state index contributed by atoms with van der Waals surface area (Å²) < 4.78 is 5.75. The first kappa shape index (κ1) is 26.7. The van der Waals surface area contributed by atoms with Gasteiger partial charge in [0.1, 0.15) is 12.4 Å². The number of unbranched alkanes of at least 4 members (excludes halogenated alkanes) is 2. The number of rotatable bonds is 12. The lowest BCUT2D eigenvalue weighted by Gasteiger charge is -2.11. The van der Waals surface area contributed by atoms with Gasteiger partial charge in [-0.05, 0) is 78.2 Å². The number of anilines is 2. The fraction of sp³-hybridized carbons (Fsp3) is 0.321. The second-order valence-corrected chi connectivity index (χ2v) is 9.15. The van der Waals surface area contributed by atoms with Gasteiger partial charge >= 0.3 is 5.69 Å². The summed E-state index contributed by atoms with van der Waals surface area (Å²) in [5.74, 6) is 0.666. The number of aryl methyl sites for hydroxylation is 2. The number of nitrogens with zero attached hydrogens (tertiary/aromatic N) is 4. The van der Waals surface area contributed by atoms with Crippen molar-refractivity contribution in [2.75, 3.05) is 25.0 Å². The van der Waals surface area contributed by atoms with Gasteiger partial charge in [0.25, 0.3) is 11.5 Å². The van der Waals surface area contributed by atoms with Crippen LogP contribution in [-0.4, -0.2) is 34.7 Å². The van der Waals surface area contributed by atoms with E-state index in [9.17, 15) is 15.3 Å². The van der Waals surface area contributed by atoms with E-state index in [4.69, 9.17) is 4.74 Å². The largest absolute Gasteiger partial charge is 0.594 e. The molecule has 0 radical (unpaired) electrons. The number of aromatic nitrogens is 3. The molecule has 0 aliphatic heterocycles. The van der Waals surface area contributed by atoms with Gasteiger partial charge in [-0.2, -0.15) is 4.98 Å². The lowest BCUT2D eigenvalue weighted by atomic mass is 9.95. The Morgan fingerprint density at radius 1 is 1.03 bits per heavy atom. The third-order valence-corrected chi connectivity index (χ3v) is 6.26. The van der Waals surface area contributed by atoms with Gasteiger partial charge < -0.3 is 20.6 Å². The number of nitro groups is 1. The van der Waals surface area contributed by atoms with E-state index in [-0.39, 0.29) is 22.7 Å². The fourth-order valence-electron chi connectivity index (χ4n) is 4.37. The molecular weight excluding hydrogens is 484 g/mol. The molecule has 0 spiro atoms. The molecule has 3 aromatic carbocycles. The van der Waals surface area contributed by atoms with Crippen molar-refractivity contribution in [2.24, 2.45) is 0 Å². The van der Waals surface area contributed by atoms with Crippen molar-refractivity contribution in [3.63, 3.8) is 0 Å². The number of ether oxygens (including phenoxy) is 1. The highest BCUT2D eigenvalue weighted by Gasteiger charge is 2.24. The fourth-order valence-corrected chi connectivity index (χ4v) is 4.37. The number of hydrogen-bond donors (Lipinski definition) is 2. The number of benzene rings is 3. The van der Waals surface area contributed by atoms with Crippen molar-refractivity contribution in [3.8, 4) is 16.9 Å². The number of fused-ring (bicyclic) bond motifs is 1. The maximum Gasteiger partial charge on any atom is 0.302 e. The van der Waals surface area contributed by atoms with E-state index in [2.05, 4.69) is 27.6 Å². The summed E-state index contributed by atoms with van der Waals surface area (Å²) in [6.45, 7) is 8.33. The summed E-state index contributed by atoms with van der Waals surface area (Å²) in [6, 6.07) is 16.0. The van der Waals surface area contributed by atoms with Crippen molar-refractivity contribution in [3.05, 3.63) is 81.0 Å². The Kier molecular flexibility index (Phi) is 8.65. The van der Waals surface area contributed by atoms with Gasteiger partial charge in [-0.15, -0.1) is 0 Å². The summed E-state index contributed by atoms with van der Waals surface area (Å²) in [5, 5.41) is 35.1. The second kappa shape index (κ2) is 12.3. The van der Waals surface area contributed by atoms with Gasteiger partial charge in [0.15, 0.2) is 0 Å². The molecular formula is C28H32N6O4. The molecule has 0 atom stereocenters. The van der Waals surface area contributed by atoms with Crippen LogP contribution in [0.15, 0.2) is 54.6 Å². The standard InChI is InChI=1S/C28H32N6O4/c1-4-5-6-14-29-15-16-38-23-12-10-22(11-13-23)30-28-31-27-24(33(35)32-28)17-21(18-25(27)34(36)37)26-19(2)8-7-9-20(26)3/h7-13,17-18,29H,4-6,14-16H2,1-3H3,(H,30,31,32). The average Bonchev–Trinajstić information content (AvgIpc) is 2.89. The van der Waals surface area contributed by atoms with E-state index < -0.39 is 4.92 Å². The van der Waals surface area contributed by atoms with Crippen LogP contribution in [0.4, 0.5) is 17.3 Å². The van der Waals surface area contributed by atoms with Gasteiger partial charge in [0.05, 0.1) is 10.0 Å². The molecule has 38 heavy (non-hydrogen) atoms. The van der Waals surface area contributed by atoms with Crippen LogP contribution in [0.5, 0.6) is 5.75 Å². The lowest BCUT2D eigenvalue weighted by molar-refractivity contribution is -0.641. The van der Waals surface area contributed by atoms with Gasteiger partial charge in [0.2, 0.25) is 5.52 Å². The molecule has 0 saturated heterocycles. The third kappa shape index (κ3) is 6.33. The maximum absolute atomic E-state index is 12.9. The SMILES string of the molecule is CCCCCNCCOc1ccc(Nc2nc3c([N+](=O)[O-])cc(-c4c(C)cccc4C)cc3[n+]([O-])n2)cc1. The van der Waals surface area contributed by atoms with Crippen molar-refractivity contribution in [1.29, 1.82) is 0 Å². The predicted octanol–water partition coefficient (Wildman–Crippen LogP) is 5.36. The summed E-state index contributed by atoms with van der Waals surface area (Å²) in [7, 11) is 0. The Hall–Kier alpha value is -4.31. The molecule has 2 N–H and O–H groups in total. The summed E-state index contributed by atoms with van der Waals surface area (Å²) in [5.41, 5.74) is 3.65. The van der Waals surface area contributed by atoms with Crippen molar-refractivity contribution < 1.29 is 14.5 Å². The minimum Gasteiger partial charge on any atom is -0.594 e. The number of hydrogen-bond acceptors (Lipinski definition) is 8. The van der Waals surface area contributed by atoms with Crippen LogP contribution in [-0.2, 0) is 0 Å². The smallest absolute Gasteiger partial charge is 0.302 e. The zero-order valence-corrected chi connectivity index (χ0v) is 21.9. The van der Waals surface area contributed by atoms with Crippen molar-refractivity contribution >= 4 is 28.4 Å². The highest BCUT2D eigenvalue weighted by atomic mass is 16.6. The van der Waals surface area contributed by atoms with Crippen LogP contribution in [0.1, 0.15) is 37.3 Å². The van der Waals surface area contributed by atoms with Crippen LogP contribution in [0, 0.1) is 29.2 Å². The van der Waals surface area contributed by atoms with Crippen LogP contribution in [0.3, 0.4) is 0 Å². The highest BCUT2D eigenvalue weighted by Crippen LogP contribution is 2.34. The Bertz CT molecular complexity index is 1410. The Morgan fingerprint density at radius 2 is 1.76 bits per heavy atom. The topological polar surface area (TPSA) is 129 Å². The molecule has 1 aromatic heterocycles. The zero-order chi connectivity index (χ0) is 27.1. The van der Waals surface area contributed by atoms with Gasteiger partial charge in [-0.25, -0.2) is 0 Å². The summed E-state index contributed by atoms with van der Waals surface area (Å²) >= 11 is 0. The molecule has 0 saturated carbocycles. The first-order chi connectivity index (χ1) is 18.4. The molecule has 0 bridgehead atoms. The Balaban J connectivity index is 1.52. The maximum atomic E-state index is 12.9. The minimum atomic E-state index is -0.527. The van der Waals surface area contributed by atoms with E-state index in [1.807, 2.05) is 32.0 Å². The van der Waals surface area contributed by atoms with E-state index in [1.54, 1.807) is 30.3 Å². The van der Waals surface area contributed by atoms with Gasteiger partial charge in [-0.1, -0.05) is 38.0 Å². The third-order valence-electron chi connectivity index (χ3n) is 6.26. The molecule has 0 aliphatic rings. The molecule has 0 unspecified atom stereocenters. The minimum absolute atomic E-state index is 0.0226. The molecule has 0 amide bonds.